The Morgan fingerprint density at radius 3 is 2.61 bits per heavy atom. The van der Waals surface area contributed by atoms with Crippen molar-refractivity contribution in [1.29, 1.82) is 0 Å². The van der Waals surface area contributed by atoms with Crippen molar-refractivity contribution in [2.24, 2.45) is 0 Å². The van der Waals surface area contributed by atoms with Gasteiger partial charge in [-0.3, -0.25) is 9.78 Å². The minimum absolute atomic E-state index is 0.00838. The molecule has 1 amide bonds. The summed E-state index contributed by atoms with van der Waals surface area (Å²) >= 11 is 0. The minimum Gasteiger partial charge on any atom is -0.352 e. The number of fused-ring (bicyclic) bond motifs is 1. The first-order valence-electron chi connectivity index (χ1n) is 9.96. The Balaban J connectivity index is 1.60. The highest BCUT2D eigenvalue weighted by atomic mass is 32.2. The third kappa shape index (κ3) is 4.65. The lowest BCUT2D eigenvalue weighted by Gasteiger charge is -2.36. The van der Waals surface area contributed by atoms with E-state index >= 15 is 0 Å². The summed E-state index contributed by atoms with van der Waals surface area (Å²) in [5.74, 6) is -0.765. The molecule has 160 valence electrons. The molecule has 8 heteroatoms. The highest BCUT2D eigenvalue weighted by Crippen LogP contribution is 2.36. The Morgan fingerprint density at radius 2 is 1.87 bits per heavy atom. The molecule has 1 aromatic heterocycles. The second-order valence-electron chi connectivity index (χ2n) is 7.38. The number of carbonyl (C=O) groups is 1. The number of amides is 1. The molecule has 0 bridgehead atoms. The zero-order valence-corrected chi connectivity index (χ0v) is 17.6. The van der Waals surface area contributed by atoms with E-state index in [0.29, 0.717) is 13.0 Å². The number of pyridine rings is 1. The first-order chi connectivity index (χ1) is 14.9. The van der Waals surface area contributed by atoms with Crippen LogP contribution in [0.15, 0.2) is 78.0 Å². The van der Waals surface area contributed by atoms with Gasteiger partial charge in [-0.25, -0.2) is 12.8 Å². The average Bonchev–Trinajstić information content (AvgIpc) is 2.79. The van der Waals surface area contributed by atoms with Crippen molar-refractivity contribution in [2.45, 2.75) is 30.3 Å². The fourth-order valence-corrected chi connectivity index (χ4v) is 5.43. The van der Waals surface area contributed by atoms with Crippen LogP contribution in [-0.4, -0.2) is 30.2 Å². The molecule has 0 radical (unpaired) electrons. The molecule has 2 heterocycles. The number of hydrogen-bond donors (Lipinski definition) is 1. The van der Waals surface area contributed by atoms with Gasteiger partial charge in [-0.15, -0.1) is 0 Å². The third-order valence-corrected chi connectivity index (χ3v) is 7.30. The summed E-state index contributed by atoms with van der Waals surface area (Å²) in [5, 5.41) is 2.85. The van der Waals surface area contributed by atoms with Crippen LogP contribution < -0.4 is 5.32 Å². The molecule has 0 fully saturated rings. The molecule has 0 saturated carbocycles. The summed E-state index contributed by atoms with van der Waals surface area (Å²) in [6, 6.07) is 15.3. The number of benzene rings is 2. The molecule has 3 aromatic rings. The van der Waals surface area contributed by atoms with Gasteiger partial charge in [-0.05, 0) is 53.4 Å². The van der Waals surface area contributed by atoms with Crippen LogP contribution >= 0.6 is 0 Å². The lowest BCUT2D eigenvalue weighted by atomic mass is 9.92. The Bertz CT molecular complexity index is 1170. The predicted octanol–water partition coefficient (Wildman–Crippen LogP) is 3.22. The zero-order chi connectivity index (χ0) is 21.8. The molecule has 1 atom stereocenters. The molecule has 1 aliphatic heterocycles. The summed E-state index contributed by atoms with van der Waals surface area (Å²) in [4.78, 5) is 16.8. The van der Waals surface area contributed by atoms with E-state index in [1.807, 2.05) is 30.3 Å². The van der Waals surface area contributed by atoms with Crippen LogP contribution in [0.1, 0.15) is 29.2 Å². The Hall–Kier alpha value is -3.10. The van der Waals surface area contributed by atoms with Gasteiger partial charge in [0.25, 0.3) is 0 Å². The topological polar surface area (TPSA) is 79.4 Å². The van der Waals surface area contributed by atoms with Gasteiger partial charge in [0.15, 0.2) is 0 Å². The summed E-state index contributed by atoms with van der Waals surface area (Å²) < 4.78 is 41.4. The summed E-state index contributed by atoms with van der Waals surface area (Å²) in [5.41, 5.74) is 2.70. The highest BCUT2D eigenvalue weighted by molar-refractivity contribution is 7.89. The molecule has 1 aliphatic rings. The van der Waals surface area contributed by atoms with E-state index in [4.69, 9.17) is 0 Å². The monoisotopic (exact) mass is 439 g/mol. The fraction of sp³-hybridized carbons (Fsp3) is 0.217. The van der Waals surface area contributed by atoms with Crippen molar-refractivity contribution >= 4 is 15.9 Å². The largest absolute Gasteiger partial charge is 0.352 e. The van der Waals surface area contributed by atoms with E-state index in [9.17, 15) is 17.6 Å². The maximum Gasteiger partial charge on any atom is 0.243 e. The molecule has 31 heavy (non-hydrogen) atoms. The molecular weight excluding hydrogens is 417 g/mol. The summed E-state index contributed by atoms with van der Waals surface area (Å²) in [6.45, 7) is 0.559. The molecular formula is C23H22FN3O3S. The van der Waals surface area contributed by atoms with E-state index in [0.717, 1.165) is 28.8 Å². The van der Waals surface area contributed by atoms with Gasteiger partial charge in [0.2, 0.25) is 15.9 Å². The van der Waals surface area contributed by atoms with E-state index < -0.39 is 21.9 Å². The number of sulfonamides is 1. The first kappa shape index (κ1) is 21.1. The quantitative estimate of drug-likeness (QED) is 0.640. The summed E-state index contributed by atoms with van der Waals surface area (Å²) in [6.07, 6.45) is 3.85. The van der Waals surface area contributed by atoms with E-state index in [1.54, 1.807) is 18.5 Å². The molecule has 0 unspecified atom stereocenters. The standard InChI is InChI=1S/C23H22FN3O3S/c24-19-7-9-20(10-8-19)31(29,30)27-13-11-18-5-1-2-6-21(18)22(27)14-23(28)26-16-17-4-3-12-25-15-17/h1-10,12,15,22H,11,13-14,16H2,(H,26,28)/t22-/m1/s1. The van der Waals surface area contributed by atoms with Crippen LogP contribution in [0.5, 0.6) is 0 Å². The number of nitrogens with one attached hydrogen (secondary N) is 1. The Morgan fingerprint density at radius 1 is 1.10 bits per heavy atom. The van der Waals surface area contributed by atoms with Crippen LogP contribution in [0.3, 0.4) is 0 Å². The maximum atomic E-state index is 13.3. The fourth-order valence-electron chi connectivity index (χ4n) is 3.82. The molecule has 1 N–H and O–H groups in total. The van der Waals surface area contributed by atoms with Gasteiger partial charge in [0.1, 0.15) is 5.82 Å². The first-order valence-corrected chi connectivity index (χ1v) is 11.4. The van der Waals surface area contributed by atoms with Gasteiger partial charge >= 0.3 is 0 Å². The van der Waals surface area contributed by atoms with Gasteiger partial charge in [0.05, 0.1) is 10.9 Å². The predicted molar refractivity (Wildman–Crippen MR) is 114 cm³/mol. The van der Waals surface area contributed by atoms with Gasteiger partial charge < -0.3 is 5.32 Å². The highest BCUT2D eigenvalue weighted by Gasteiger charge is 2.37. The molecule has 0 spiro atoms. The number of halogens is 1. The SMILES string of the molecule is O=C(C[C@@H]1c2ccccc2CCN1S(=O)(=O)c1ccc(F)cc1)NCc1cccnc1. The number of hydrogen-bond acceptors (Lipinski definition) is 4. The molecule has 6 nitrogen and oxygen atoms in total. The van der Waals surface area contributed by atoms with Crippen molar-refractivity contribution < 1.29 is 17.6 Å². The van der Waals surface area contributed by atoms with Crippen molar-refractivity contribution in [3.63, 3.8) is 0 Å². The van der Waals surface area contributed by atoms with Crippen LogP contribution in [0.2, 0.25) is 0 Å². The van der Waals surface area contributed by atoms with E-state index in [-0.39, 0.29) is 23.8 Å². The van der Waals surface area contributed by atoms with Gasteiger partial charge in [-0.2, -0.15) is 4.31 Å². The van der Waals surface area contributed by atoms with E-state index in [1.165, 1.54) is 16.4 Å². The van der Waals surface area contributed by atoms with Crippen LogP contribution in [-0.2, 0) is 27.8 Å². The Kier molecular flexibility index (Phi) is 6.11. The normalized spacial score (nSPS) is 16.5. The van der Waals surface area contributed by atoms with E-state index in [2.05, 4.69) is 10.3 Å². The van der Waals surface area contributed by atoms with Crippen LogP contribution in [0.4, 0.5) is 4.39 Å². The van der Waals surface area contributed by atoms with Gasteiger partial charge in [-0.1, -0.05) is 30.3 Å². The molecule has 2 aromatic carbocycles. The zero-order valence-electron chi connectivity index (χ0n) is 16.7. The van der Waals surface area contributed by atoms with Crippen molar-refractivity contribution in [3.05, 3.63) is 95.6 Å². The number of carbonyl (C=O) groups excluding carboxylic acids is 1. The smallest absolute Gasteiger partial charge is 0.243 e. The lowest BCUT2D eigenvalue weighted by Crippen LogP contribution is -2.42. The van der Waals surface area contributed by atoms with Crippen LogP contribution in [0, 0.1) is 5.82 Å². The second kappa shape index (κ2) is 8.95. The second-order valence-corrected chi connectivity index (χ2v) is 9.27. The molecule has 4 rings (SSSR count). The molecule has 0 saturated heterocycles. The molecule has 0 aliphatic carbocycles. The van der Waals surface area contributed by atoms with Crippen LogP contribution in [0.25, 0.3) is 0 Å². The average molecular weight is 440 g/mol. The van der Waals surface area contributed by atoms with Crippen molar-refractivity contribution in [1.82, 2.24) is 14.6 Å². The number of aromatic nitrogens is 1. The summed E-state index contributed by atoms with van der Waals surface area (Å²) in [7, 11) is -3.91. The Labute approximate surface area is 180 Å². The van der Waals surface area contributed by atoms with Crippen molar-refractivity contribution in [2.75, 3.05) is 6.54 Å². The van der Waals surface area contributed by atoms with Gasteiger partial charge in [0, 0.05) is 31.9 Å². The third-order valence-electron chi connectivity index (χ3n) is 5.37. The number of nitrogens with zero attached hydrogens (tertiary/aromatic N) is 2. The number of rotatable bonds is 6. The minimum atomic E-state index is -3.91. The van der Waals surface area contributed by atoms with Crippen molar-refractivity contribution in [3.8, 4) is 0 Å². The maximum absolute atomic E-state index is 13.3. The lowest BCUT2D eigenvalue weighted by molar-refractivity contribution is -0.122.